The van der Waals surface area contributed by atoms with Crippen LogP contribution in [-0.4, -0.2) is 34.2 Å². The van der Waals surface area contributed by atoms with Crippen molar-refractivity contribution in [1.29, 1.82) is 0 Å². The highest BCUT2D eigenvalue weighted by atomic mass is 16.5. The molecule has 0 aliphatic heterocycles. The molecule has 0 N–H and O–H groups in total. The summed E-state index contributed by atoms with van der Waals surface area (Å²) in [5.41, 5.74) is 1.73. The summed E-state index contributed by atoms with van der Waals surface area (Å²) >= 11 is 0. The fourth-order valence-electron chi connectivity index (χ4n) is 3.07. The molecule has 5 nitrogen and oxygen atoms in total. The fourth-order valence-corrected chi connectivity index (χ4v) is 3.07. The van der Waals surface area contributed by atoms with Gasteiger partial charge in [-0.05, 0) is 48.2 Å². The molecule has 0 radical (unpaired) electrons. The lowest BCUT2D eigenvalue weighted by Gasteiger charge is -2.20. The van der Waals surface area contributed by atoms with E-state index in [2.05, 4.69) is 6.92 Å². The number of Topliss-reactive ketones (excluding diaryl/α,β-unsaturated/α-hetero) is 1. The van der Waals surface area contributed by atoms with E-state index in [1.807, 2.05) is 25.1 Å². The molecule has 0 saturated carbocycles. The van der Waals surface area contributed by atoms with Gasteiger partial charge in [-0.1, -0.05) is 19.9 Å². The minimum absolute atomic E-state index is 0.0870. The maximum absolute atomic E-state index is 12.9. The number of hydrogen-bond acceptors (Lipinski definition) is 5. The summed E-state index contributed by atoms with van der Waals surface area (Å²) in [6.45, 7) is 4.05. The van der Waals surface area contributed by atoms with E-state index in [0.29, 0.717) is 28.6 Å². The van der Waals surface area contributed by atoms with Crippen LogP contribution in [0.1, 0.15) is 29.8 Å². The summed E-state index contributed by atoms with van der Waals surface area (Å²) in [4.78, 5) is 12.9. The molecule has 0 aromatic heterocycles. The van der Waals surface area contributed by atoms with E-state index in [9.17, 15) is 4.79 Å². The van der Waals surface area contributed by atoms with Crippen LogP contribution in [0, 0.1) is 11.8 Å². The molecule has 0 saturated heterocycles. The maximum Gasteiger partial charge on any atom is 0.166 e. The van der Waals surface area contributed by atoms with Gasteiger partial charge in [0.1, 0.15) is 0 Å². The second-order valence-electron chi connectivity index (χ2n) is 6.59. The molecule has 27 heavy (non-hydrogen) atoms. The summed E-state index contributed by atoms with van der Waals surface area (Å²) < 4.78 is 21.2. The number of rotatable bonds is 9. The lowest BCUT2D eigenvalue weighted by molar-refractivity contribution is 0.0892. The smallest absolute Gasteiger partial charge is 0.166 e. The van der Waals surface area contributed by atoms with Crippen molar-refractivity contribution in [2.45, 2.75) is 20.3 Å². The molecule has 0 aliphatic carbocycles. The number of ether oxygens (including phenoxy) is 4. The third-order valence-electron chi connectivity index (χ3n) is 4.94. The van der Waals surface area contributed by atoms with Crippen LogP contribution < -0.4 is 18.9 Å². The molecular formula is C22H28O5. The zero-order chi connectivity index (χ0) is 20.0. The molecule has 2 aromatic rings. The van der Waals surface area contributed by atoms with Crippen molar-refractivity contribution in [3.63, 3.8) is 0 Å². The van der Waals surface area contributed by atoms with Crippen LogP contribution >= 0.6 is 0 Å². The van der Waals surface area contributed by atoms with Gasteiger partial charge in [0.05, 0.1) is 28.4 Å². The third kappa shape index (κ3) is 4.73. The first-order valence-electron chi connectivity index (χ1n) is 8.92. The number of methoxy groups -OCH3 is 4. The van der Waals surface area contributed by atoms with E-state index in [1.54, 1.807) is 46.6 Å². The Morgan fingerprint density at radius 3 is 1.85 bits per heavy atom. The van der Waals surface area contributed by atoms with Gasteiger partial charge >= 0.3 is 0 Å². The van der Waals surface area contributed by atoms with Gasteiger partial charge in [-0.3, -0.25) is 4.79 Å². The molecule has 0 aliphatic rings. The average Bonchev–Trinajstić information content (AvgIpc) is 2.71. The lowest BCUT2D eigenvalue weighted by Crippen LogP contribution is -2.21. The van der Waals surface area contributed by atoms with Gasteiger partial charge in [0, 0.05) is 11.5 Å². The molecule has 5 heteroatoms. The summed E-state index contributed by atoms with van der Waals surface area (Å²) in [5, 5.41) is 0. The van der Waals surface area contributed by atoms with Gasteiger partial charge in [0.2, 0.25) is 0 Å². The van der Waals surface area contributed by atoms with Crippen molar-refractivity contribution in [3.05, 3.63) is 47.5 Å². The Labute approximate surface area is 161 Å². The first-order chi connectivity index (χ1) is 12.9. The van der Waals surface area contributed by atoms with Gasteiger partial charge in [-0.2, -0.15) is 0 Å². The van der Waals surface area contributed by atoms with Crippen LogP contribution in [0.2, 0.25) is 0 Å². The predicted molar refractivity (Wildman–Crippen MR) is 105 cm³/mol. The number of carbonyl (C=O) groups excluding carboxylic acids is 1. The molecule has 0 spiro atoms. The highest BCUT2D eigenvalue weighted by Crippen LogP contribution is 2.32. The van der Waals surface area contributed by atoms with Crippen LogP contribution in [0.25, 0.3) is 0 Å². The monoisotopic (exact) mass is 372 g/mol. The fraction of sp³-hybridized carbons (Fsp3) is 0.409. The lowest BCUT2D eigenvalue weighted by atomic mass is 9.84. The van der Waals surface area contributed by atoms with E-state index in [-0.39, 0.29) is 17.6 Å². The Kier molecular flexibility index (Phi) is 7.11. The minimum atomic E-state index is -0.142. The first kappa shape index (κ1) is 20.6. The van der Waals surface area contributed by atoms with Crippen molar-refractivity contribution in [1.82, 2.24) is 0 Å². The second kappa shape index (κ2) is 9.31. The molecule has 0 amide bonds. The van der Waals surface area contributed by atoms with E-state index in [1.165, 1.54) is 0 Å². The van der Waals surface area contributed by atoms with Crippen LogP contribution in [0.3, 0.4) is 0 Å². The van der Waals surface area contributed by atoms with Crippen molar-refractivity contribution >= 4 is 5.78 Å². The maximum atomic E-state index is 12.9. The zero-order valence-corrected chi connectivity index (χ0v) is 16.9. The van der Waals surface area contributed by atoms with E-state index in [4.69, 9.17) is 18.9 Å². The number of carbonyl (C=O) groups is 1. The number of benzene rings is 2. The number of hydrogen-bond donors (Lipinski definition) is 0. The van der Waals surface area contributed by atoms with Gasteiger partial charge in [-0.25, -0.2) is 0 Å². The summed E-state index contributed by atoms with van der Waals surface area (Å²) in [6.07, 6.45) is 0.764. The highest BCUT2D eigenvalue weighted by molar-refractivity contribution is 5.98. The molecule has 146 valence electrons. The largest absolute Gasteiger partial charge is 0.493 e. The minimum Gasteiger partial charge on any atom is -0.493 e. The Bertz CT molecular complexity index is 784. The van der Waals surface area contributed by atoms with Crippen LogP contribution in [0.5, 0.6) is 23.0 Å². The van der Waals surface area contributed by atoms with E-state index >= 15 is 0 Å². The van der Waals surface area contributed by atoms with E-state index in [0.717, 1.165) is 12.0 Å². The van der Waals surface area contributed by atoms with Gasteiger partial charge < -0.3 is 18.9 Å². The Morgan fingerprint density at radius 2 is 1.30 bits per heavy atom. The van der Waals surface area contributed by atoms with Gasteiger partial charge in [0.25, 0.3) is 0 Å². The SMILES string of the molecule is COc1ccc(CC(C)C(C)C(=O)c2ccc(OC)c(OC)c2)cc1OC. The molecular weight excluding hydrogens is 344 g/mol. The van der Waals surface area contributed by atoms with Crippen molar-refractivity contribution in [3.8, 4) is 23.0 Å². The van der Waals surface area contributed by atoms with Crippen LogP contribution in [-0.2, 0) is 6.42 Å². The van der Waals surface area contributed by atoms with Crippen LogP contribution in [0.15, 0.2) is 36.4 Å². The Morgan fingerprint density at radius 1 is 0.778 bits per heavy atom. The molecule has 2 aromatic carbocycles. The highest BCUT2D eigenvalue weighted by Gasteiger charge is 2.23. The van der Waals surface area contributed by atoms with Crippen molar-refractivity contribution in [2.24, 2.45) is 11.8 Å². The molecule has 0 heterocycles. The van der Waals surface area contributed by atoms with E-state index < -0.39 is 0 Å². The van der Waals surface area contributed by atoms with Crippen LogP contribution in [0.4, 0.5) is 0 Å². The summed E-state index contributed by atoms with van der Waals surface area (Å²) in [5.74, 6) is 2.66. The molecule has 0 bridgehead atoms. The quantitative estimate of drug-likeness (QED) is 0.610. The average molecular weight is 372 g/mol. The van der Waals surface area contributed by atoms with Crippen molar-refractivity contribution < 1.29 is 23.7 Å². The Balaban J connectivity index is 2.14. The summed E-state index contributed by atoms with van der Waals surface area (Å²) in [6, 6.07) is 11.1. The standard InChI is InChI=1S/C22H28O5/c1-14(11-16-7-9-18(24-3)20(12-16)26-5)15(2)22(23)17-8-10-19(25-4)21(13-17)27-6/h7-10,12-15H,11H2,1-6H3. The molecule has 2 unspecified atom stereocenters. The predicted octanol–water partition coefficient (Wildman–Crippen LogP) is 4.42. The van der Waals surface area contributed by atoms with Gasteiger partial charge in [0.15, 0.2) is 28.8 Å². The van der Waals surface area contributed by atoms with Crippen molar-refractivity contribution in [2.75, 3.05) is 28.4 Å². The first-order valence-corrected chi connectivity index (χ1v) is 8.92. The summed E-state index contributed by atoms with van der Waals surface area (Å²) in [7, 11) is 6.38. The molecule has 2 rings (SSSR count). The Hall–Kier alpha value is -2.69. The topological polar surface area (TPSA) is 54.0 Å². The third-order valence-corrected chi connectivity index (χ3v) is 4.94. The zero-order valence-electron chi connectivity index (χ0n) is 16.9. The molecule has 2 atom stereocenters. The normalized spacial score (nSPS) is 12.8. The number of ketones is 1. The molecule has 0 fully saturated rings. The van der Waals surface area contributed by atoms with Gasteiger partial charge in [-0.15, -0.1) is 0 Å². The second-order valence-corrected chi connectivity index (χ2v) is 6.59.